The fraction of sp³-hybridized carbons (Fsp3) is 0.250. The highest BCUT2D eigenvalue weighted by Gasteiger charge is 2.25. The lowest BCUT2D eigenvalue weighted by Gasteiger charge is -2.29. The minimum Gasteiger partial charge on any atom is -0.375 e. The van der Waals surface area contributed by atoms with Gasteiger partial charge in [0.05, 0.1) is 6.04 Å². The van der Waals surface area contributed by atoms with Gasteiger partial charge in [0.1, 0.15) is 6.61 Å². The number of carbonyl (C=O) groups is 1. The van der Waals surface area contributed by atoms with E-state index in [1.807, 2.05) is 18.2 Å². The van der Waals surface area contributed by atoms with Gasteiger partial charge in [0.15, 0.2) is 0 Å². The molecule has 116 valence electrons. The fourth-order valence-electron chi connectivity index (χ4n) is 2.24. The molecule has 2 aromatic rings. The van der Waals surface area contributed by atoms with Crippen LogP contribution in [0.25, 0.3) is 0 Å². The van der Waals surface area contributed by atoms with Gasteiger partial charge in [-0.15, -0.1) is 0 Å². The number of pyridine rings is 1. The molecule has 4 nitrogen and oxygen atoms in total. The summed E-state index contributed by atoms with van der Waals surface area (Å²) in [5.41, 5.74) is 1.64. The average molecular weight is 339 g/mol. The van der Waals surface area contributed by atoms with E-state index in [1.165, 1.54) is 7.11 Å². The van der Waals surface area contributed by atoms with Gasteiger partial charge < -0.3 is 9.64 Å². The van der Waals surface area contributed by atoms with Crippen LogP contribution in [-0.2, 0) is 9.53 Å². The van der Waals surface area contributed by atoms with Crippen LogP contribution in [0.5, 0.6) is 0 Å². The molecule has 0 N–H and O–H groups in total. The van der Waals surface area contributed by atoms with E-state index in [1.54, 1.807) is 36.5 Å². The van der Waals surface area contributed by atoms with E-state index >= 15 is 0 Å². The molecule has 0 fully saturated rings. The molecular weight excluding hydrogens is 323 g/mol. The van der Waals surface area contributed by atoms with Crippen molar-refractivity contribution < 1.29 is 9.53 Å². The monoisotopic (exact) mass is 338 g/mol. The number of halogens is 2. The Morgan fingerprint density at radius 3 is 2.73 bits per heavy atom. The van der Waals surface area contributed by atoms with Gasteiger partial charge >= 0.3 is 0 Å². The van der Waals surface area contributed by atoms with Crippen molar-refractivity contribution in [3.63, 3.8) is 0 Å². The van der Waals surface area contributed by atoms with Crippen molar-refractivity contribution >= 4 is 29.1 Å². The molecule has 1 amide bonds. The zero-order valence-electron chi connectivity index (χ0n) is 12.3. The molecule has 1 aromatic heterocycles. The third-order valence-electron chi connectivity index (χ3n) is 3.31. The number of nitrogens with zero attached hydrogens (tertiary/aromatic N) is 2. The third-order valence-corrected chi connectivity index (χ3v) is 3.87. The highest BCUT2D eigenvalue weighted by molar-refractivity contribution is 6.35. The van der Waals surface area contributed by atoms with Crippen LogP contribution in [0.3, 0.4) is 0 Å². The Kier molecular flexibility index (Phi) is 5.77. The predicted molar refractivity (Wildman–Crippen MR) is 87.2 cm³/mol. The quantitative estimate of drug-likeness (QED) is 0.836. The summed E-state index contributed by atoms with van der Waals surface area (Å²) in [6.45, 7) is -0.00152. The summed E-state index contributed by atoms with van der Waals surface area (Å²) in [4.78, 5) is 17.9. The second-order valence-electron chi connectivity index (χ2n) is 4.79. The molecule has 1 aromatic carbocycles. The van der Waals surface area contributed by atoms with Crippen LogP contribution in [0.1, 0.15) is 17.2 Å². The van der Waals surface area contributed by atoms with Gasteiger partial charge in [-0.1, -0.05) is 35.3 Å². The second-order valence-corrected chi connectivity index (χ2v) is 5.64. The van der Waals surface area contributed by atoms with Crippen molar-refractivity contribution in [1.82, 2.24) is 9.88 Å². The minimum absolute atomic E-state index is 0.00152. The number of methoxy groups -OCH3 is 1. The molecule has 0 aliphatic rings. The van der Waals surface area contributed by atoms with Crippen LogP contribution in [0.4, 0.5) is 0 Å². The van der Waals surface area contributed by atoms with Gasteiger partial charge in [0.25, 0.3) is 0 Å². The summed E-state index contributed by atoms with van der Waals surface area (Å²) in [5, 5.41) is 1.04. The Morgan fingerprint density at radius 1 is 1.36 bits per heavy atom. The summed E-state index contributed by atoms with van der Waals surface area (Å²) in [6.07, 6.45) is 3.40. The standard InChI is InChI=1S/C16H16Cl2N2O2/c1-20(15(21)10-22-2)16(11-4-3-7-19-9-11)13-6-5-12(17)8-14(13)18/h3-9,16H,10H2,1-2H3/t16-/m0/s1. The van der Waals surface area contributed by atoms with Gasteiger partial charge in [-0.25, -0.2) is 0 Å². The van der Waals surface area contributed by atoms with Crippen molar-refractivity contribution in [1.29, 1.82) is 0 Å². The minimum atomic E-state index is -0.360. The van der Waals surface area contributed by atoms with E-state index in [-0.39, 0.29) is 18.6 Å². The number of carbonyl (C=O) groups excluding carboxylic acids is 1. The maximum atomic E-state index is 12.2. The third kappa shape index (κ3) is 3.77. The molecule has 0 saturated heterocycles. The van der Waals surface area contributed by atoms with E-state index in [4.69, 9.17) is 27.9 Å². The number of hydrogen-bond acceptors (Lipinski definition) is 3. The summed E-state index contributed by atoms with van der Waals surface area (Å²) < 4.78 is 4.94. The smallest absolute Gasteiger partial charge is 0.249 e. The lowest BCUT2D eigenvalue weighted by atomic mass is 9.98. The SMILES string of the molecule is COCC(=O)N(C)[C@@H](c1cccnc1)c1ccc(Cl)cc1Cl. The van der Waals surface area contributed by atoms with Crippen molar-refractivity contribution in [2.24, 2.45) is 0 Å². The first-order valence-electron chi connectivity index (χ1n) is 6.64. The molecule has 0 radical (unpaired) electrons. The molecule has 2 rings (SSSR count). The van der Waals surface area contributed by atoms with Crippen LogP contribution in [0, 0.1) is 0 Å². The molecule has 0 aliphatic carbocycles. The van der Waals surface area contributed by atoms with E-state index < -0.39 is 0 Å². The molecule has 1 atom stereocenters. The number of hydrogen-bond donors (Lipinski definition) is 0. The highest BCUT2D eigenvalue weighted by atomic mass is 35.5. The summed E-state index contributed by atoms with van der Waals surface area (Å²) in [6, 6.07) is 8.59. The van der Waals surface area contributed by atoms with E-state index in [2.05, 4.69) is 4.98 Å². The Morgan fingerprint density at radius 2 is 2.14 bits per heavy atom. The number of rotatable bonds is 5. The lowest BCUT2D eigenvalue weighted by molar-refractivity contribution is -0.135. The van der Waals surface area contributed by atoms with Crippen LogP contribution in [0.2, 0.25) is 10.0 Å². The predicted octanol–water partition coefficient (Wildman–Crippen LogP) is 3.58. The molecular formula is C16H16Cl2N2O2. The van der Waals surface area contributed by atoms with Crippen LogP contribution in [-0.4, -0.2) is 36.6 Å². The molecule has 0 spiro atoms. The van der Waals surface area contributed by atoms with Gasteiger partial charge in [0, 0.05) is 36.6 Å². The summed E-state index contributed by atoms with van der Waals surface area (Å²) in [5.74, 6) is -0.151. The van der Waals surface area contributed by atoms with Crippen molar-refractivity contribution in [2.45, 2.75) is 6.04 Å². The van der Waals surface area contributed by atoms with Crippen molar-refractivity contribution in [2.75, 3.05) is 20.8 Å². The number of ether oxygens (including phenoxy) is 1. The Bertz CT molecular complexity index is 650. The molecule has 0 saturated carbocycles. The molecule has 1 heterocycles. The Hall–Kier alpha value is -1.62. The second kappa shape index (κ2) is 7.58. The largest absolute Gasteiger partial charge is 0.375 e. The maximum Gasteiger partial charge on any atom is 0.249 e. The van der Waals surface area contributed by atoms with E-state index in [0.29, 0.717) is 10.0 Å². The molecule has 0 bridgehead atoms. The Balaban J connectivity index is 2.48. The maximum absolute atomic E-state index is 12.2. The summed E-state index contributed by atoms with van der Waals surface area (Å²) >= 11 is 12.3. The zero-order chi connectivity index (χ0) is 16.1. The van der Waals surface area contributed by atoms with Crippen LogP contribution < -0.4 is 0 Å². The number of likely N-dealkylation sites (N-methyl/N-ethyl adjacent to an activating group) is 1. The first kappa shape index (κ1) is 16.7. The molecule has 0 aliphatic heterocycles. The first-order chi connectivity index (χ1) is 10.5. The normalized spacial score (nSPS) is 12.0. The van der Waals surface area contributed by atoms with Gasteiger partial charge in [-0.05, 0) is 29.3 Å². The van der Waals surface area contributed by atoms with Crippen molar-refractivity contribution in [3.05, 3.63) is 63.9 Å². The first-order valence-corrected chi connectivity index (χ1v) is 7.39. The highest BCUT2D eigenvalue weighted by Crippen LogP contribution is 2.33. The average Bonchev–Trinajstić information content (AvgIpc) is 2.51. The molecule has 22 heavy (non-hydrogen) atoms. The van der Waals surface area contributed by atoms with E-state index in [0.717, 1.165) is 11.1 Å². The van der Waals surface area contributed by atoms with Gasteiger partial charge in [0.2, 0.25) is 5.91 Å². The topological polar surface area (TPSA) is 42.4 Å². The van der Waals surface area contributed by atoms with Crippen LogP contribution in [0.15, 0.2) is 42.7 Å². The molecule has 6 heteroatoms. The number of aromatic nitrogens is 1. The Labute approximate surface area is 139 Å². The lowest BCUT2D eigenvalue weighted by Crippen LogP contribution is -2.34. The van der Waals surface area contributed by atoms with E-state index in [9.17, 15) is 4.79 Å². The summed E-state index contributed by atoms with van der Waals surface area (Å²) in [7, 11) is 3.20. The van der Waals surface area contributed by atoms with Gasteiger partial charge in [-0.2, -0.15) is 0 Å². The van der Waals surface area contributed by atoms with Gasteiger partial charge in [-0.3, -0.25) is 9.78 Å². The zero-order valence-corrected chi connectivity index (χ0v) is 13.8. The molecule has 0 unspecified atom stereocenters. The van der Waals surface area contributed by atoms with Crippen molar-refractivity contribution in [3.8, 4) is 0 Å². The fourth-order valence-corrected chi connectivity index (χ4v) is 2.75. The number of benzene rings is 1. The van der Waals surface area contributed by atoms with Crippen LogP contribution >= 0.6 is 23.2 Å². The number of amides is 1.